The monoisotopic (exact) mass is 444 g/mol. The summed E-state index contributed by atoms with van der Waals surface area (Å²) in [5, 5.41) is 6.75. The number of hydrogen-bond donors (Lipinski definition) is 2. The summed E-state index contributed by atoms with van der Waals surface area (Å²) in [4.78, 5) is 17.2. The molecule has 2 heterocycles. The van der Waals surface area contributed by atoms with Crippen LogP contribution in [0.3, 0.4) is 0 Å². The molecule has 5 nitrogen and oxygen atoms in total. The first-order valence-corrected chi connectivity index (χ1v) is 12.2. The Morgan fingerprint density at radius 1 is 1.03 bits per heavy atom. The lowest BCUT2D eigenvalue weighted by molar-refractivity contribution is 0.190. The average molecular weight is 445 g/mol. The topological polar surface area (TPSA) is 47.6 Å². The van der Waals surface area contributed by atoms with Crippen molar-refractivity contribution in [3.63, 3.8) is 0 Å². The summed E-state index contributed by atoms with van der Waals surface area (Å²) >= 11 is 8.47. The van der Waals surface area contributed by atoms with Crippen molar-refractivity contribution in [2.75, 3.05) is 47.9 Å². The highest BCUT2D eigenvalue weighted by Crippen LogP contribution is 2.30. The molecule has 2 amide bonds. The second-order valence-electron chi connectivity index (χ2n) is 7.90. The van der Waals surface area contributed by atoms with Crippen molar-refractivity contribution in [3.8, 4) is 0 Å². The van der Waals surface area contributed by atoms with E-state index < -0.39 is 0 Å². The van der Waals surface area contributed by atoms with Crippen molar-refractivity contribution >= 4 is 40.8 Å². The van der Waals surface area contributed by atoms with Gasteiger partial charge in [0, 0.05) is 56.0 Å². The Morgan fingerprint density at radius 2 is 1.77 bits per heavy atom. The minimum Gasteiger partial charge on any atom is -0.369 e. The fraction of sp³-hybridized carbons (Fsp3) is 0.435. The van der Waals surface area contributed by atoms with Gasteiger partial charge in [-0.3, -0.25) is 4.90 Å². The highest BCUT2D eigenvalue weighted by atomic mass is 35.5. The van der Waals surface area contributed by atoms with Crippen molar-refractivity contribution in [2.24, 2.45) is 0 Å². The molecule has 0 radical (unpaired) electrons. The fourth-order valence-corrected chi connectivity index (χ4v) is 5.28. The molecule has 2 N–H and O–H groups in total. The van der Waals surface area contributed by atoms with Gasteiger partial charge in [-0.2, -0.15) is 11.8 Å². The van der Waals surface area contributed by atoms with E-state index in [2.05, 4.69) is 44.7 Å². The zero-order chi connectivity index (χ0) is 20.8. The molecule has 0 bridgehead atoms. The van der Waals surface area contributed by atoms with Crippen molar-refractivity contribution in [3.05, 3.63) is 59.1 Å². The third-order valence-electron chi connectivity index (χ3n) is 5.73. The predicted octanol–water partition coefficient (Wildman–Crippen LogP) is 4.68. The maximum atomic E-state index is 12.5. The Kier molecular flexibility index (Phi) is 7.42. The van der Waals surface area contributed by atoms with E-state index in [1.807, 2.05) is 36.0 Å². The van der Waals surface area contributed by atoms with Gasteiger partial charge >= 0.3 is 6.03 Å². The molecule has 0 unspecified atom stereocenters. The van der Waals surface area contributed by atoms with E-state index in [9.17, 15) is 4.79 Å². The molecule has 2 aromatic carbocycles. The summed E-state index contributed by atoms with van der Waals surface area (Å²) in [7, 11) is 0. The number of thioether (sulfide) groups is 1. The van der Waals surface area contributed by atoms with Gasteiger partial charge < -0.3 is 15.5 Å². The fourth-order valence-electron chi connectivity index (χ4n) is 4.07. The molecule has 0 aliphatic carbocycles. The smallest absolute Gasteiger partial charge is 0.319 e. The molecule has 2 fully saturated rings. The maximum absolute atomic E-state index is 12.5. The predicted molar refractivity (Wildman–Crippen MR) is 128 cm³/mol. The van der Waals surface area contributed by atoms with Crippen LogP contribution in [0, 0.1) is 0 Å². The summed E-state index contributed by atoms with van der Waals surface area (Å²) in [5.41, 5.74) is 3.12. The number of nitrogens with one attached hydrogen (secondary N) is 2. The number of amides is 2. The molecular formula is C23H29ClN4OS. The van der Waals surface area contributed by atoms with Crippen LogP contribution in [-0.2, 0) is 6.54 Å². The lowest BCUT2D eigenvalue weighted by Gasteiger charge is -2.32. The van der Waals surface area contributed by atoms with E-state index in [1.54, 1.807) is 0 Å². The first-order valence-electron chi connectivity index (χ1n) is 10.6. The van der Waals surface area contributed by atoms with Gasteiger partial charge in [0.2, 0.25) is 0 Å². The Morgan fingerprint density at radius 3 is 2.47 bits per heavy atom. The van der Waals surface area contributed by atoms with Gasteiger partial charge in [0.05, 0.1) is 10.7 Å². The summed E-state index contributed by atoms with van der Waals surface area (Å²) in [6.07, 6.45) is 1.93. The first kappa shape index (κ1) is 21.3. The van der Waals surface area contributed by atoms with E-state index >= 15 is 0 Å². The number of piperidine rings is 1. The van der Waals surface area contributed by atoms with Crippen molar-refractivity contribution in [1.82, 2.24) is 10.2 Å². The van der Waals surface area contributed by atoms with E-state index in [-0.39, 0.29) is 12.1 Å². The van der Waals surface area contributed by atoms with E-state index in [0.717, 1.165) is 68.4 Å². The van der Waals surface area contributed by atoms with Gasteiger partial charge in [0.15, 0.2) is 0 Å². The van der Waals surface area contributed by atoms with E-state index in [4.69, 9.17) is 11.6 Å². The zero-order valence-corrected chi connectivity index (χ0v) is 18.7. The van der Waals surface area contributed by atoms with E-state index in [1.165, 1.54) is 5.56 Å². The first-order chi connectivity index (χ1) is 14.7. The SMILES string of the molecule is O=C(Nc1ccc(N2CCSCC2)c(Cl)c1)NC1CCN(Cc2ccccc2)CC1. The quantitative estimate of drug-likeness (QED) is 0.703. The molecule has 2 aliphatic rings. The van der Waals surface area contributed by atoms with Crippen molar-refractivity contribution in [2.45, 2.75) is 25.4 Å². The van der Waals surface area contributed by atoms with Gasteiger partial charge in [-0.05, 0) is 36.6 Å². The molecule has 2 aliphatic heterocycles. The van der Waals surface area contributed by atoms with Gasteiger partial charge in [-0.15, -0.1) is 0 Å². The third kappa shape index (κ3) is 5.84. The largest absolute Gasteiger partial charge is 0.369 e. The number of hydrogen-bond acceptors (Lipinski definition) is 4. The Labute approximate surface area is 188 Å². The number of anilines is 2. The maximum Gasteiger partial charge on any atom is 0.319 e. The molecule has 0 saturated carbocycles. The molecule has 4 rings (SSSR count). The molecule has 0 aromatic heterocycles. The van der Waals surface area contributed by atoms with Crippen LogP contribution in [0.1, 0.15) is 18.4 Å². The average Bonchev–Trinajstić information content (AvgIpc) is 2.76. The summed E-state index contributed by atoms with van der Waals surface area (Å²) in [6, 6.07) is 16.4. The Hall–Kier alpha value is -1.89. The number of carbonyl (C=O) groups excluding carboxylic acids is 1. The number of carbonyl (C=O) groups is 1. The molecule has 160 valence electrons. The minimum atomic E-state index is -0.158. The van der Waals surface area contributed by atoms with Crippen LogP contribution in [0.2, 0.25) is 5.02 Å². The number of benzene rings is 2. The minimum absolute atomic E-state index is 0.158. The van der Waals surface area contributed by atoms with Gasteiger partial charge in [-0.25, -0.2) is 4.79 Å². The molecule has 7 heteroatoms. The number of urea groups is 1. The van der Waals surface area contributed by atoms with Crippen LogP contribution < -0.4 is 15.5 Å². The van der Waals surface area contributed by atoms with Crippen LogP contribution in [-0.4, -0.2) is 54.7 Å². The normalized spacial score (nSPS) is 18.2. The zero-order valence-electron chi connectivity index (χ0n) is 17.1. The summed E-state index contributed by atoms with van der Waals surface area (Å²) in [6.45, 7) is 4.99. The van der Waals surface area contributed by atoms with Gasteiger partial charge in [0.1, 0.15) is 0 Å². The summed E-state index contributed by atoms with van der Waals surface area (Å²) < 4.78 is 0. The van der Waals surface area contributed by atoms with Crippen molar-refractivity contribution < 1.29 is 4.79 Å². The van der Waals surface area contributed by atoms with Crippen molar-refractivity contribution in [1.29, 1.82) is 0 Å². The number of rotatable bonds is 5. The van der Waals surface area contributed by atoms with Crippen LogP contribution in [0.5, 0.6) is 0 Å². The van der Waals surface area contributed by atoms with E-state index in [0.29, 0.717) is 5.02 Å². The van der Waals surface area contributed by atoms with Crippen LogP contribution >= 0.6 is 23.4 Å². The second-order valence-corrected chi connectivity index (χ2v) is 9.53. The molecule has 0 spiro atoms. The lowest BCUT2D eigenvalue weighted by atomic mass is 10.0. The number of nitrogens with zero attached hydrogens (tertiary/aromatic N) is 2. The Bertz CT molecular complexity index is 836. The molecule has 2 saturated heterocycles. The van der Waals surface area contributed by atoms with Gasteiger partial charge in [-0.1, -0.05) is 41.9 Å². The highest BCUT2D eigenvalue weighted by molar-refractivity contribution is 7.99. The molecular weight excluding hydrogens is 416 g/mol. The van der Waals surface area contributed by atoms with Gasteiger partial charge in [0.25, 0.3) is 0 Å². The number of halogens is 1. The third-order valence-corrected chi connectivity index (χ3v) is 6.97. The summed E-state index contributed by atoms with van der Waals surface area (Å²) in [5.74, 6) is 2.26. The van der Waals surface area contributed by atoms with Crippen LogP contribution in [0.25, 0.3) is 0 Å². The van der Waals surface area contributed by atoms with Crippen LogP contribution in [0.15, 0.2) is 48.5 Å². The second kappa shape index (κ2) is 10.4. The molecule has 30 heavy (non-hydrogen) atoms. The Balaban J connectivity index is 1.23. The highest BCUT2D eigenvalue weighted by Gasteiger charge is 2.21. The molecule has 0 atom stereocenters. The molecule has 2 aromatic rings. The lowest BCUT2D eigenvalue weighted by Crippen LogP contribution is -2.45. The van der Waals surface area contributed by atoms with Crippen LogP contribution in [0.4, 0.5) is 16.2 Å². The standard InChI is InChI=1S/C23H29ClN4OS/c24-21-16-20(6-7-22(21)28-12-14-30-15-13-28)26-23(29)25-19-8-10-27(11-9-19)17-18-4-2-1-3-5-18/h1-7,16,19H,8-15,17H2,(H2,25,26,29). The number of likely N-dealkylation sites (tertiary alicyclic amines) is 1.